The Morgan fingerprint density at radius 1 is 1.35 bits per heavy atom. The number of hydrogen-bond acceptors (Lipinski definition) is 3. The molecule has 2 aromatic heterocycles. The first-order valence-electron chi connectivity index (χ1n) is 8.44. The third-order valence-corrected chi connectivity index (χ3v) is 5.87. The summed E-state index contributed by atoms with van der Waals surface area (Å²) in [6.45, 7) is 11.3. The summed E-state index contributed by atoms with van der Waals surface area (Å²) < 4.78 is 2.11. The van der Waals surface area contributed by atoms with E-state index in [-0.39, 0.29) is 5.78 Å². The normalized spacial score (nSPS) is 21.6. The van der Waals surface area contributed by atoms with Gasteiger partial charge in [0, 0.05) is 22.3 Å². The molecule has 1 N–H and O–H groups in total. The lowest BCUT2D eigenvalue weighted by molar-refractivity contribution is -0.897. The number of aryl methyl sites for hydroxylation is 2. The Hall–Kier alpha value is -1.46. The minimum Gasteiger partial charge on any atom is -0.328 e. The lowest BCUT2D eigenvalue weighted by atomic mass is 9.99. The maximum absolute atomic E-state index is 12.8. The first kappa shape index (κ1) is 16.4. The average molecular weight is 332 g/mol. The van der Waals surface area contributed by atoms with Gasteiger partial charge in [-0.1, -0.05) is 6.92 Å². The van der Waals surface area contributed by atoms with E-state index in [0.29, 0.717) is 6.54 Å². The fourth-order valence-corrected chi connectivity index (χ4v) is 4.36. The summed E-state index contributed by atoms with van der Waals surface area (Å²) in [6.07, 6.45) is 2.47. The molecule has 0 saturated carbocycles. The van der Waals surface area contributed by atoms with Crippen molar-refractivity contribution in [3.8, 4) is 5.13 Å². The minimum absolute atomic E-state index is 0.266. The molecular weight excluding hydrogens is 306 g/mol. The van der Waals surface area contributed by atoms with Crippen LogP contribution in [-0.2, 0) is 0 Å². The van der Waals surface area contributed by atoms with Gasteiger partial charge in [-0.05, 0) is 45.6 Å². The number of thiazole rings is 1. The topological polar surface area (TPSA) is 39.3 Å². The standard InChI is InChI=1S/C18H25N3OS/c1-12-5-7-20(8-6-12)10-17(22)16-9-14(3)21(15(16)4)18-19-13(2)11-23-18/h9,11-12H,5-8,10H2,1-4H3/p+1. The molecule has 3 heterocycles. The third-order valence-electron chi connectivity index (χ3n) is 4.92. The molecule has 124 valence electrons. The molecule has 23 heavy (non-hydrogen) atoms. The molecule has 0 atom stereocenters. The number of aromatic nitrogens is 2. The van der Waals surface area contributed by atoms with Crippen LogP contribution in [0.25, 0.3) is 5.13 Å². The summed E-state index contributed by atoms with van der Waals surface area (Å²) in [7, 11) is 0. The van der Waals surface area contributed by atoms with Crippen molar-refractivity contribution in [2.45, 2.75) is 40.5 Å². The second-order valence-electron chi connectivity index (χ2n) is 6.92. The molecule has 1 fully saturated rings. The number of quaternary nitrogens is 1. The van der Waals surface area contributed by atoms with E-state index in [2.05, 4.69) is 28.8 Å². The van der Waals surface area contributed by atoms with Crippen LogP contribution in [-0.4, -0.2) is 35.0 Å². The van der Waals surface area contributed by atoms with Crippen molar-refractivity contribution in [2.75, 3.05) is 19.6 Å². The van der Waals surface area contributed by atoms with E-state index in [1.165, 1.54) is 17.7 Å². The first-order chi connectivity index (χ1) is 11.0. The predicted octanol–water partition coefficient (Wildman–Crippen LogP) is 2.36. The molecule has 5 heteroatoms. The monoisotopic (exact) mass is 332 g/mol. The van der Waals surface area contributed by atoms with Crippen LogP contribution >= 0.6 is 11.3 Å². The maximum atomic E-state index is 12.8. The summed E-state index contributed by atoms with van der Waals surface area (Å²) >= 11 is 1.63. The van der Waals surface area contributed by atoms with Gasteiger partial charge in [0.15, 0.2) is 5.13 Å². The molecule has 4 nitrogen and oxygen atoms in total. The molecule has 0 unspecified atom stereocenters. The van der Waals surface area contributed by atoms with Crippen molar-refractivity contribution in [3.05, 3.63) is 34.1 Å². The van der Waals surface area contributed by atoms with Gasteiger partial charge in [0.2, 0.25) is 5.78 Å². The van der Waals surface area contributed by atoms with Crippen molar-refractivity contribution in [1.29, 1.82) is 0 Å². The van der Waals surface area contributed by atoms with Gasteiger partial charge in [0.1, 0.15) is 6.54 Å². The molecule has 3 rings (SSSR count). The van der Waals surface area contributed by atoms with Crippen LogP contribution in [0.5, 0.6) is 0 Å². The molecule has 0 bridgehead atoms. The highest BCUT2D eigenvalue weighted by atomic mass is 32.1. The van der Waals surface area contributed by atoms with Gasteiger partial charge < -0.3 is 4.90 Å². The number of Topliss-reactive ketones (excluding diaryl/α,β-unsaturated/α-hetero) is 1. The predicted molar refractivity (Wildman–Crippen MR) is 93.9 cm³/mol. The van der Waals surface area contributed by atoms with Crippen LogP contribution in [0, 0.1) is 26.7 Å². The van der Waals surface area contributed by atoms with Gasteiger partial charge in [-0.3, -0.25) is 9.36 Å². The largest absolute Gasteiger partial charge is 0.328 e. The molecule has 0 aromatic carbocycles. The van der Waals surface area contributed by atoms with Gasteiger partial charge in [-0.15, -0.1) is 11.3 Å². The zero-order valence-electron chi connectivity index (χ0n) is 14.5. The number of nitrogens with one attached hydrogen (secondary N) is 1. The van der Waals surface area contributed by atoms with E-state index >= 15 is 0 Å². The Bertz CT molecular complexity index is 708. The van der Waals surface area contributed by atoms with Crippen molar-refractivity contribution >= 4 is 17.1 Å². The number of ketones is 1. The average Bonchev–Trinajstić information content (AvgIpc) is 3.05. The highest BCUT2D eigenvalue weighted by Gasteiger charge is 2.24. The lowest BCUT2D eigenvalue weighted by Crippen LogP contribution is -3.13. The number of nitrogens with zero attached hydrogens (tertiary/aromatic N) is 2. The quantitative estimate of drug-likeness (QED) is 0.873. The Morgan fingerprint density at radius 2 is 2.04 bits per heavy atom. The second-order valence-corrected chi connectivity index (χ2v) is 7.76. The number of piperidine rings is 1. The zero-order chi connectivity index (χ0) is 16.6. The first-order valence-corrected chi connectivity index (χ1v) is 9.32. The molecule has 1 saturated heterocycles. The lowest BCUT2D eigenvalue weighted by Gasteiger charge is -2.26. The summed E-state index contributed by atoms with van der Waals surface area (Å²) in [5.74, 6) is 1.08. The molecule has 0 amide bonds. The van der Waals surface area contributed by atoms with Gasteiger partial charge in [-0.2, -0.15) is 0 Å². The van der Waals surface area contributed by atoms with Gasteiger partial charge >= 0.3 is 0 Å². The fourth-order valence-electron chi connectivity index (χ4n) is 3.45. The van der Waals surface area contributed by atoms with Crippen molar-refractivity contribution in [1.82, 2.24) is 9.55 Å². The van der Waals surface area contributed by atoms with E-state index < -0.39 is 0 Å². The number of rotatable bonds is 4. The number of likely N-dealkylation sites (tertiary alicyclic amines) is 1. The van der Waals surface area contributed by atoms with Gasteiger partial charge in [-0.25, -0.2) is 4.98 Å². The van der Waals surface area contributed by atoms with E-state index in [4.69, 9.17) is 0 Å². The van der Waals surface area contributed by atoms with Crippen molar-refractivity contribution in [2.24, 2.45) is 5.92 Å². The van der Waals surface area contributed by atoms with Gasteiger partial charge in [0.25, 0.3) is 0 Å². The van der Waals surface area contributed by atoms with E-state index in [1.807, 2.05) is 19.9 Å². The SMILES string of the molecule is Cc1csc(-n2c(C)cc(C(=O)C[NH+]3CCC(C)CC3)c2C)n1. The molecule has 2 aromatic rings. The summed E-state index contributed by atoms with van der Waals surface area (Å²) in [5.41, 5.74) is 3.99. The van der Waals surface area contributed by atoms with Gasteiger partial charge in [0.05, 0.1) is 18.8 Å². The van der Waals surface area contributed by atoms with Crippen LogP contribution < -0.4 is 4.90 Å². The van der Waals surface area contributed by atoms with Crippen molar-refractivity contribution in [3.63, 3.8) is 0 Å². The molecule has 1 aliphatic heterocycles. The van der Waals surface area contributed by atoms with Crippen LogP contribution in [0.3, 0.4) is 0 Å². The van der Waals surface area contributed by atoms with E-state index in [9.17, 15) is 4.79 Å². The Balaban J connectivity index is 1.79. The molecular formula is C18H26N3OS+. The highest BCUT2D eigenvalue weighted by molar-refractivity contribution is 7.12. The number of hydrogen-bond donors (Lipinski definition) is 1. The maximum Gasteiger partial charge on any atom is 0.218 e. The zero-order valence-corrected chi connectivity index (χ0v) is 15.3. The minimum atomic E-state index is 0.266. The fraction of sp³-hybridized carbons (Fsp3) is 0.556. The Morgan fingerprint density at radius 3 is 2.65 bits per heavy atom. The molecule has 0 radical (unpaired) electrons. The Kier molecular flexibility index (Phi) is 4.69. The van der Waals surface area contributed by atoms with Crippen LogP contribution in [0.2, 0.25) is 0 Å². The Labute approximate surface area is 142 Å². The van der Waals surface area contributed by atoms with Crippen LogP contribution in [0.15, 0.2) is 11.4 Å². The van der Waals surface area contributed by atoms with E-state index in [1.54, 1.807) is 11.3 Å². The molecule has 0 spiro atoms. The summed E-state index contributed by atoms with van der Waals surface area (Å²) in [6, 6.07) is 2.03. The van der Waals surface area contributed by atoms with Crippen molar-refractivity contribution < 1.29 is 9.69 Å². The van der Waals surface area contributed by atoms with Crippen LogP contribution in [0.4, 0.5) is 0 Å². The van der Waals surface area contributed by atoms with Crippen LogP contribution in [0.1, 0.15) is 47.2 Å². The number of carbonyl (C=O) groups excluding carboxylic acids is 1. The summed E-state index contributed by atoms with van der Waals surface area (Å²) in [5, 5.41) is 3.00. The molecule has 0 aliphatic carbocycles. The second kappa shape index (κ2) is 6.57. The summed E-state index contributed by atoms with van der Waals surface area (Å²) in [4.78, 5) is 18.8. The van der Waals surface area contributed by atoms with E-state index in [0.717, 1.165) is 46.8 Å². The third kappa shape index (κ3) is 3.40. The smallest absolute Gasteiger partial charge is 0.218 e. The highest BCUT2D eigenvalue weighted by Crippen LogP contribution is 2.23. The number of carbonyl (C=O) groups is 1. The molecule has 1 aliphatic rings.